The van der Waals surface area contributed by atoms with Crippen LogP contribution in [-0.2, 0) is 6.54 Å². The Morgan fingerprint density at radius 3 is 2.94 bits per heavy atom. The SMILES string of the molecule is COc1ccc(Cl)cc1CNC1CCCC1CCl. The standard InChI is InChI=1S/C14H19Cl2NO/c1-18-14-6-5-12(16)7-11(14)9-17-13-4-2-3-10(13)8-15/h5-7,10,13,17H,2-4,8-9H2,1H3. The van der Waals surface area contributed by atoms with E-state index in [-0.39, 0.29) is 0 Å². The number of alkyl halides is 1. The zero-order valence-electron chi connectivity index (χ0n) is 10.6. The second kappa shape index (κ2) is 6.65. The van der Waals surface area contributed by atoms with Crippen LogP contribution in [-0.4, -0.2) is 19.0 Å². The first kappa shape index (κ1) is 14.0. The maximum absolute atomic E-state index is 6.02. The molecule has 1 fully saturated rings. The third kappa shape index (κ3) is 3.31. The lowest BCUT2D eigenvalue weighted by Crippen LogP contribution is -2.32. The fraction of sp³-hybridized carbons (Fsp3) is 0.571. The minimum absolute atomic E-state index is 0.520. The monoisotopic (exact) mass is 287 g/mol. The van der Waals surface area contributed by atoms with Crippen LogP contribution in [0.5, 0.6) is 5.75 Å². The third-order valence-corrected chi connectivity index (χ3v) is 4.29. The average Bonchev–Trinajstić information content (AvgIpc) is 2.84. The summed E-state index contributed by atoms with van der Waals surface area (Å²) >= 11 is 12.0. The molecule has 0 aliphatic heterocycles. The minimum atomic E-state index is 0.520. The molecule has 0 heterocycles. The summed E-state index contributed by atoms with van der Waals surface area (Å²) in [6.45, 7) is 0.780. The van der Waals surface area contributed by atoms with Gasteiger partial charge in [0.15, 0.2) is 0 Å². The molecule has 1 aromatic rings. The quantitative estimate of drug-likeness (QED) is 0.831. The van der Waals surface area contributed by atoms with E-state index in [1.807, 2.05) is 18.2 Å². The van der Waals surface area contributed by atoms with Crippen LogP contribution >= 0.6 is 23.2 Å². The Hall–Kier alpha value is -0.440. The summed E-state index contributed by atoms with van der Waals surface area (Å²) in [6, 6.07) is 6.23. The molecule has 1 saturated carbocycles. The van der Waals surface area contributed by atoms with E-state index in [1.165, 1.54) is 19.3 Å². The van der Waals surface area contributed by atoms with Gasteiger partial charge in [0, 0.05) is 29.1 Å². The van der Waals surface area contributed by atoms with Crippen molar-refractivity contribution in [2.75, 3.05) is 13.0 Å². The van der Waals surface area contributed by atoms with Crippen molar-refractivity contribution < 1.29 is 4.74 Å². The van der Waals surface area contributed by atoms with Crippen molar-refractivity contribution in [1.29, 1.82) is 0 Å². The Kier molecular flexibility index (Phi) is 5.16. The fourth-order valence-electron chi connectivity index (χ4n) is 2.62. The van der Waals surface area contributed by atoms with Gasteiger partial charge in [0.2, 0.25) is 0 Å². The Morgan fingerprint density at radius 2 is 2.22 bits per heavy atom. The number of hydrogen-bond acceptors (Lipinski definition) is 2. The van der Waals surface area contributed by atoms with E-state index in [2.05, 4.69) is 5.32 Å². The van der Waals surface area contributed by atoms with E-state index in [1.54, 1.807) is 7.11 Å². The van der Waals surface area contributed by atoms with E-state index in [4.69, 9.17) is 27.9 Å². The first-order valence-corrected chi connectivity index (χ1v) is 7.27. The third-order valence-electron chi connectivity index (χ3n) is 3.65. The van der Waals surface area contributed by atoms with Crippen LogP contribution in [0, 0.1) is 5.92 Å². The normalized spacial score (nSPS) is 23.3. The van der Waals surface area contributed by atoms with Crippen molar-refractivity contribution in [3.63, 3.8) is 0 Å². The van der Waals surface area contributed by atoms with Crippen LogP contribution in [0.2, 0.25) is 5.02 Å². The first-order chi connectivity index (χ1) is 8.74. The van der Waals surface area contributed by atoms with Crippen LogP contribution in [0.1, 0.15) is 24.8 Å². The zero-order chi connectivity index (χ0) is 13.0. The van der Waals surface area contributed by atoms with Gasteiger partial charge in [0.25, 0.3) is 0 Å². The van der Waals surface area contributed by atoms with Gasteiger partial charge in [0.1, 0.15) is 5.75 Å². The predicted molar refractivity (Wildman–Crippen MR) is 76.7 cm³/mol. The molecule has 1 aliphatic carbocycles. The molecule has 0 saturated heterocycles. The summed E-state index contributed by atoms with van der Waals surface area (Å²) < 4.78 is 5.34. The van der Waals surface area contributed by atoms with Crippen LogP contribution in [0.25, 0.3) is 0 Å². The molecule has 0 bridgehead atoms. The maximum atomic E-state index is 6.02. The van der Waals surface area contributed by atoms with E-state index in [0.717, 1.165) is 28.8 Å². The topological polar surface area (TPSA) is 21.3 Å². The number of nitrogens with one attached hydrogen (secondary N) is 1. The second-order valence-corrected chi connectivity index (χ2v) is 5.53. The highest BCUT2D eigenvalue weighted by Crippen LogP contribution is 2.28. The highest BCUT2D eigenvalue weighted by atomic mass is 35.5. The van der Waals surface area contributed by atoms with E-state index in [0.29, 0.717) is 12.0 Å². The molecule has 0 amide bonds. The summed E-state index contributed by atoms with van der Waals surface area (Å²) in [6.07, 6.45) is 3.70. The minimum Gasteiger partial charge on any atom is -0.496 e. The molecular formula is C14H19Cl2NO. The molecule has 2 atom stereocenters. The lowest BCUT2D eigenvalue weighted by atomic mass is 10.1. The Labute approximate surface area is 119 Å². The van der Waals surface area contributed by atoms with Crippen LogP contribution in [0.3, 0.4) is 0 Å². The molecule has 100 valence electrons. The average molecular weight is 288 g/mol. The molecule has 0 spiro atoms. The van der Waals surface area contributed by atoms with Crippen LogP contribution in [0.15, 0.2) is 18.2 Å². The Morgan fingerprint density at radius 1 is 1.39 bits per heavy atom. The van der Waals surface area contributed by atoms with Gasteiger partial charge in [-0.2, -0.15) is 0 Å². The van der Waals surface area contributed by atoms with E-state index >= 15 is 0 Å². The van der Waals surface area contributed by atoms with Crippen molar-refractivity contribution in [2.45, 2.75) is 31.8 Å². The van der Waals surface area contributed by atoms with E-state index < -0.39 is 0 Å². The van der Waals surface area contributed by atoms with Gasteiger partial charge >= 0.3 is 0 Å². The molecule has 4 heteroatoms. The van der Waals surface area contributed by atoms with Crippen LogP contribution in [0.4, 0.5) is 0 Å². The largest absolute Gasteiger partial charge is 0.496 e. The number of hydrogen-bond donors (Lipinski definition) is 1. The Balaban J connectivity index is 1.99. The molecule has 18 heavy (non-hydrogen) atoms. The molecule has 2 rings (SSSR count). The summed E-state index contributed by atoms with van der Waals surface area (Å²) in [7, 11) is 1.68. The summed E-state index contributed by atoms with van der Waals surface area (Å²) in [5.74, 6) is 2.22. The number of methoxy groups -OCH3 is 1. The van der Waals surface area contributed by atoms with E-state index in [9.17, 15) is 0 Å². The Bertz CT molecular complexity index is 397. The summed E-state index contributed by atoms with van der Waals surface area (Å²) in [5, 5.41) is 4.32. The van der Waals surface area contributed by atoms with Crippen molar-refractivity contribution >= 4 is 23.2 Å². The second-order valence-electron chi connectivity index (χ2n) is 4.79. The van der Waals surface area contributed by atoms with Gasteiger partial charge in [-0.05, 0) is 37.0 Å². The summed E-state index contributed by atoms with van der Waals surface area (Å²) in [4.78, 5) is 0. The molecule has 2 nitrogen and oxygen atoms in total. The van der Waals surface area contributed by atoms with Gasteiger partial charge in [0.05, 0.1) is 7.11 Å². The van der Waals surface area contributed by atoms with Crippen LogP contribution < -0.4 is 10.1 Å². The fourth-order valence-corrected chi connectivity index (χ4v) is 3.18. The van der Waals surface area contributed by atoms with Gasteiger partial charge < -0.3 is 10.1 Å². The predicted octanol–water partition coefficient (Wildman–Crippen LogP) is 3.85. The number of halogens is 2. The highest BCUT2D eigenvalue weighted by molar-refractivity contribution is 6.30. The van der Waals surface area contributed by atoms with Crippen molar-refractivity contribution in [1.82, 2.24) is 5.32 Å². The van der Waals surface area contributed by atoms with Crippen molar-refractivity contribution in [2.24, 2.45) is 5.92 Å². The van der Waals surface area contributed by atoms with Crippen molar-refractivity contribution in [3.05, 3.63) is 28.8 Å². The maximum Gasteiger partial charge on any atom is 0.123 e. The first-order valence-electron chi connectivity index (χ1n) is 6.36. The molecule has 1 N–H and O–H groups in total. The molecular weight excluding hydrogens is 269 g/mol. The molecule has 1 aromatic carbocycles. The molecule has 1 aliphatic rings. The molecule has 2 unspecified atom stereocenters. The van der Waals surface area contributed by atoms with Gasteiger partial charge in [-0.15, -0.1) is 11.6 Å². The lowest BCUT2D eigenvalue weighted by molar-refractivity contribution is 0.396. The zero-order valence-corrected chi connectivity index (χ0v) is 12.1. The van der Waals surface area contributed by atoms with Gasteiger partial charge in [-0.3, -0.25) is 0 Å². The number of ether oxygens (including phenoxy) is 1. The highest BCUT2D eigenvalue weighted by Gasteiger charge is 2.25. The number of rotatable bonds is 5. The molecule has 0 radical (unpaired) electrons. The van der Waals surface area contributed by atoms with Gasteiger partial charge in [-0.25, -0.2) is 0 Å². The lowest BCUT2D eigenvalue weighted by Gasteiger charge is -2.19. The summed E-state index contributed by atoms with van der Waals surface area (Å²) in [5.41, 5.74) is 1.10. The smallest absolute Gasteiger partial charge is 0.123 e. The molecule has 0 aromatic heterocycles. The number of benzene rings is 1. The van der Waals surface area contributed by atoms with Gasteiger partial charge in [-0.1, -0.05) is 18.0 Å². The van der Waals surface area contributed by atoms with Crippen molar-refractivity contribution in [3.8, 4) is 5.75 Å².